The van der Waals surface area contributed by atoms with E-state index >= 15 is 0 Å². The van der Waals surface area contributed by atoms with Crippen LogP contribution in [-0.2, 0) is 16.0 Å². The highest BCUT2D eigenvalue weighted by Gasteiger charge is 2.16. The average Bonchev–Trinajstić information content (AvgIpc) is 2.73. The highest BCUT2D eigenvalue weighted by Crippen LogP contribution is 2.18. The topological polar surface area (TPSA) is 68.1 Å². The SMILES string of the molecule is CCOC(=O)[C@@H](N)Cc1c[nH]c2ccccc12.Cl.Cl. The molecule has 0 aliphatic rings. The number of nitrogens with two attached hydrogens (primary N) is 1. The molecule has 0 saturated carbocycles. The van der Waals surface area contributed by atoms with Crippen molar-refractivity contribution >= 4 is 41.7 Å². The molecule has 0 bridgehead atoms. The summed E-state index contributed by atoms with van der Waals surface area (Å²) in [6, 6.07) is 7.34. The minimum Gasteiger partial charge on any atom is -0.465 e. The number of aromatic amines is 1. The maximum atomic E-state index is 11.4. The molecular weight excluding hydrogens is 287 g/mol. The van der Waals surface area contributed by atoms with Gasteiger partial charge in [-0.2, -0.15) is 0 Å². The molecule has 0 spiro atoms. The first-order chi connectivity index (χ1) is 8.22. The van der Waals surface area contributed by atoms with Crippen LogP contribution in [0.2, 0.25) is 0 Å². The Morgan fingerprint density at radius 3 is 2.74 bits per heavy atom. The number of carbonyl (C=O) groups is 1. The largest absolute Gasteiger partial charge is 0.465 e. The highest BCUT2D eigenvalue weighted by atomic mass is 35.5. The van der Waals surface area contributed by atoms with Gasteiger partial charge < -0.3 is 15.5 Å². The van der Waals surface area contributed by atoms with Crippen LogP contribution in [0, 0.1) is 0 Å². The van der Waals surface area contributed by atoms with Gasteiger partial charge in [0.05, 0.1) is 6.61 Å². The van der Waals surface area contributed by atoms with Gasteiger partial charge in [-0.3, -0.25) is 4.79 Å². The molecule has 3 N–H and O–H groups in total. The van der Waals surface area contributed by atoms with Crippen molar-refractivity contribution in [2.45, 2.75) is 19.4 Å². The lowest BCUT2D eigenvalue weighted by atomic mass is 10.1. The van der Waals surface area contributed by atoms with E-state index in [0.29, 0.717) is 13.0 Å². The summed E-state index contributed by atoms with van der Waals surface area (Å²) in [6.07, 6.45) is 2.38. The summed E-state index contributed by atoms with van der Waals surface area (Å²) in [7, 11) is 0. The molecule has 1 aromatic carbocycles. The van der Waals surface area contributed by atoms with Gasteiger partial charge in [0.2, 0.25) is 0 Å². The molecule has 6 heteroatoms. The van der Waals surface area contributed by atoms with E-state index in [1.807, 2.05) is 30.5 Å². The van der Waals surface area contributed by atoms with Gasteiger partial charge in [0.25, 0.3) is 0 Å². The Kier molecular flexibility index (Phi) is 7.52. The average molecular weight is 305 g/mol. The monoisotopic (exact) mass is 304 g/mol. The van der Waals surface area contributed by atoms with E-state index < -0.39 is 6.04 Å². The quantitative estimate of drug-likeness (QED) is 0.853. The van der Waals surface area contributed by atoms with E-state index in [2.05, 4.69) is 4.98 Å². The first kappa shape index (κ1) is 17.8. The second-order valence-corrected chi connectivity index (χ2v) is 3.92. The minimum atomic E-state index is -0.603. The maximum absolute atomic E-state index is 11.4. The van der Waals surface area contributed by atoms with Gasteiger partial charge in [-0.1, -0.05) is 18.2 Å². The van der Waals surface area contributed by atoms with Crippen LogP contribution in [0.1, 0.15) is 12.5 Å². The Morgan fingerprint density at radius 1 is 1.37 bits per heavy atom. The molecule has 2 rings (SSSR count). The fraction of sp³-hybridized carbons (Fsp3) is 0.308. The molecule has 0 unspecified atom stereocenters. The highest BCUT2D eigenvalue weighted by molar-refractivity contribution is 5.86. The Hall–Kier alpha value is -1.23. The van der Waals surface area contributed by atoms with Gasteiger partial charge in [-0.05, 0) is 18.6 Å². The van der Waals surface area contributed by atoms with Crippen molar-refractivity contribution in [1.82, 2.24) is 4.98 Å². The van der Waals surface area contributed by atoms with Crippen LogP contribution in [0.15, 0.2) is 30.5 Å². The molecule has 1 aromatic heterocycles. The van der Waals surface area contributed by atoms with Crippen molar-refractivity contribution in [3.8, 4) is 0 Å². The number of esters is 1. The van der Waals surface area contributed by atoms with E-state index in [-0.39, 0.29) is 30.8 Å². The lowest BCUT2D eigenvalue weighted by molar-refractivity contribution is -0.144. The molecule has 1 heterocycles. The number of nitrogens with one attached hydrogen (secondary N) is 1. The normalized spacial score (nSPS) is 11.3. The Morgan fingerprint density at radius 2 is 2.05 bits per heavy atom. The summed E-state index contributed by atoms with van der Waals surface area (Å²) in [4.78, 5) is 14.6. The number of aromatic nitrogens is 1. The second-order valence-electron chi connectivity index (χ2n) is 3.92. The molecule has 0 saturated heterocycles. The number of para-hydroxylation sites is 1. The van der Waals surface area contributed by atoms with E-state index in [0.717, 1.165) is 16.5 Å². The van der Waals surface area contributed by atoms with Crippen molar-refractivity contribution in [2.24, 2.45) is 5.73 Å². The fourth-order valence-corrected chi connectivity index (χ4v) is 1.87. The van der Waals surface area contributed by atoms with Crippen LogP contribution in [-0.4, -0.2) is 23.6 Å². The molecule has 0 fully saturated rings. The van der Waals surface area contributed by atoms with E-state index in [1.165, 1.54) is 0 Å². The third kappa shape index (κ3) is 4.13. The van der Waals surface area contributed by atoms with Gasteiger partial charge in [0.1, 0.15) is 6.04 Å². The number of carbonyl (C=O) groups excluding carboxylic acids is 1. The molecule has 0 aliphatic carbocycles. The number of halogens is 2. The molecule has 0 radical (unpaired) electrons. The summed E-state index contributed by atoms with van der Waals surface area (Å²) in [6.45, 7) is 2.14. The number of hydrogen-bond donors (Lipinski definition) is 2. The zero-order chi connectivity index (χ0) is 12.3. The van der Waals surface area contributed by atoms with E-state index in [4.69, 9.17) is 10.5 Å². The Bertz CT molecular complexity index is 528. The molecule has 0 amide bonds. The number of rotatable bonds is 4. The van der Waals surface area contributed by atoms with Gasteiger partial charge in [0.15, 0.2) is 0 Å². The Balaban J connectivity index is 0.00000162. The summed E-state index contributed by atoms with van der Waals surface area (Å²) in [5.41, 5.74) is 7.89. The third-order valence-electron chi connectivity index (χ3n) is 2.70. The molecular formula is C13H18Cl2N2O2. The van der Waals surface area contributed by atoms with Crippen molar-refractivity contribution in [3.63, 3.8) is 0 Å². The lowest BCUT2D eigenvalue weighted by Gasteiger charge is -2.09. The zero-order valence-corrected chi connectivity index (χ0v) is 12.2. The minimum absolute atomic E-state index is 0. The predicted octanol–water partition coefficient (Wildman–Crippen LogP) is 2.44. The predicted molar refractivity (Wildman–Crippen MR) is 81.1 cm³/mol. The van der Waals surface area contributed by atoms with Crippen molar-refractivity contribution < 1.29 is 9.53 Å². The third-order valence-corrected chi connectivity index (χ3v) is 2.70. The first-order valence-electron chi connectivity index (χ1n) is 5.69. The maximum Gasteiger partial charge on any atom is 0.323 e. The summed E-state index contributed by atoms with van der Waals surface area (Å²) < 4.78 is 4.89. The molecule has 1 atom stereocenters. The van der Waals surface area contributed by atoms with Crippen LogP contribution in [0.25, 0.3) is 10.9 Å². The summed E-state index contributed by atoms with van der Waals surface area (Å²) in [5.74, 6) is -0.349. The van der Waals surface area contributed by atoms with Crippen LogP contribution >= 0.6 is 24.8 Å². The van der Waals surface area contributed by atoms with Crippen LogP contribution in [0.4, 0.5) is 0 Å². The number of H-pyrrole nitrogens is 1. The number of ether oxygens (including phenoxy) is 1. The lowest BCUT2D eigenvalue weighted by Crippen LogP contribution is -2.34. The van der Waals surface area contributed by atoms with E-state index in [1.54, 1.807) is 6.92 Å². The second kappa shape index (κ2) is 8.04. The molecule has 19 heavy (non-hydrogen) atoms. The van der Waals surface area contributed by atoms with Crippen LogP contribution in [0.3, 0.4) is 0 Å². The number of benzene rings is 1. The fourth-order valence-electron chi connectivity index (χ4n) is 1.87. The molecule has 0 aliphatic heterocycles. The van der Waals surface area contributed by atoms with Gasteiger partial charge in [-0.25, -0.2) is 0 Å². The van der Waals surface area contributed by atoms with Gasteiger partial charge in [-0.15, -0.1) is 24.8 Å². The number of fused-ring (bicyclic) bond motifs is 1. The van der Waals surface area contributed by atoms with Crippen molar-refractivity contribution in [1.29, 1.82) is 0 Å². The van der Waals surface area contributed by atoms with E-state index in [9.17, 15) is 4.79 Å². The smallest absolute Gasteiger partial charge is 0.323 e. The molecule has 4 nitrogen and oxygen atoms in total. The first-order valence-corrected chi connectivity index (χ1v) is 5.69. The summed E-state index contributed by atoms with van der Waals surface area (Å²) in [5, 5.41) is 1.10. The van der Waals surface area contributed by atoms with Crippen molar-refractivity contribution in [2.75, 3.05) is 6.61 Å². The van der Waals surface area contributed by atoms with Crippen LogP contribution < -0.4 is 5.73 Å². The zero-order valence-electron chi connectivity index (χ0n) is 10.6. The van der Waals surface area contributed by atoms with Crippen LogP contribution in [0.5, 0.6) is 0 Å². The molecule has 106 valence electrons. The molecule has 2 aromatic rings. The number of hydrogen-bond acceptors (Lipinski definition) is 3. The summed E-state index contributed by atoms with van der Waals surface area (Å²) >= 11 is 0. The standard InChI is InChI=1S/C13H16N2O2.2ClH/c1-2-17-13(16)11(14)7-9-8-15-12-6-4-3-5-10(9)12;;/h3-6,8,11,15H,2,7,14H2,1H3;2*1H/t11-;;/m0../s1. The van der Waals surface area contributed by atoms with Gasteiger partial charge >= 0.3 is 5.97 Å². The van der Waals surface area contributed by atoms with Crippen molar-refractivity contribution in [3.05, 3.63) is 36.0 Å². The van der Waals surface area contributed by atoms with Gasteiger partial charge in [0, 0.05) is 23.5 Å². The Labute approximate surface area is 124 Å².